The van der Waals surface area contributed by atoms with E-state index in [0.717, 1.165) is 12.8 Å². The van der Waals surface area contributed by atoms with E-state index in [4.69, 9.17) is 9.47 Å². The molecule has 0 aromatic carbocycles. The molecule has 7 heteroatoms. The van der Waals surface area contributed by atoms with Crippen molar-refractivity contribution in [2.75, 3.05) is 26.4 Å². The average molecular weight is 531 g/mol. The first kappa shape index (κ1) is 36.5. The van der Waals surface area contributed by atoms with Gasteiger partial charge in [0.1, 0.15) is 23.1 Å². The van der Waals surface area contributed by atoms with Gasteiger partial charge in [0.05, 0.1) is 26.1 Å². The van der Waals surface area contributed by atoms with Crippen LogP contribution in [0.25, 0.3) is 0 Å². The largest absolute Gasteiger partial charge is 0.380 e. The van der Waals surface area contributed by atoms with E-state index in [1.54, 1.807) is 0 Å². The predicted octanol–water partition coefficient (Wildman–Crippen LogP) is 5.63. The van der Waals surface area contributed by atoms with Gasteiger partial charge in [0.15, 0.2) is 0 Å². The van der Waals surface area contributed by atoms with Gasteiger partial charge in [0.25, 0.3) is 0 Å². The molecule has 0 aliphatic carbocycles. The molecule has 0 radical (unpaired) electrons. The molecule has 0 heterocycles. The smallest absolute Gasteiger partial charge is 0.148 e. The van der Waals surface area contributed by atoms with Crippen molar-refractivity contribution in [1.82, 2.24) is 0 Å². The minimum absolute atomic E-state index is 0. The summed E-state index contributed by atoms with van der Waals surface area (Å²) in [6.07, 6.45) is 1.61. The van der Waals surface area contributed by atoms with Gasteiger partial charge in [-0.1, -0.05) is 76.2 Å². The number of hydrogen-bond donors (Lipinski definition) is 0. The third-order valence-corrected chi connectivity index (χ3v) is 6.14. The fraction of sp³-hybridized carbons (Fsp3) is 0.857. The van der Waals surface area contributed by atoms with E-state index < -0.39 is 21.7 Å². The summed E-state index contributed by atoms with van der Waals surface area (Å²) in [5, 5.41) is 0. The minimum Gasteiger partial charge on any atom is -0.380 e. The molecule has 0 fully saturated rings. The van der Waals surface area contributed by atoms with Gasteiger partial charge in [0, 0.05) is 56.6 Å². The van der Waals surface area contributed by atoms with Crippen LogP contribution in [0.15, 0.2) is 0 Å². The Bertz CT molecular complexity index is 710. The van der Waals surface area contributed by atoms with Gasteiger partial charge >= 0.3 is 0 Å². The fourth-order valence-corrected chi connectivity index (χ4v) is 2.92. The summed E-state index contributed by atoms with van der Waals surface area (Å²) in [5.41, 5.74) is -2.43. The van der Waals surface area contributed by atoms with Gasteiger partial charge in [-0.15, -0.1) is 0 Å². The van der Waals surface area contributed by atoms with E-state index in [0.29, 0.717) is 19.1 Å². The zero-order valence-corrected chi connectivity index (χ0v) is 25.7. The molecule has 0 N–H and O–H groups in total. The van der Waals surface area contributed by atoms with Crippen LogP contribution in [0.4, 0.5) is 0 Å². The van der Waals surface area contributed by atoms with Crippen LogP contribution >= 0.6 is 0 Å². The normalized spacial score (nSPS) is 13.7. The second kappa shape index (κ2) is 14.9. The molecule has 0 aliphatic heterocycles. The summed E-state index contributed by atoms with van der Waals surface area (Å²) in [4.78, 5) is 49.3. The molecule has 0 amide bonds. The van der Waals surface area contributed by atoms with Crippen molar-refractivity contribution in [2.24, 2.45) is 27.6 Å². The maximum absolute atomic E-state index is 12.5. The molecule has 1 unspecified atom stereocenters. The van der Waals surface area contributed by atoms with E-state index >= 15 is 0 Å². The van der Waals surface area contributed by atoms with Crippen molar-refractivity contribution in [2.45, 2.75) is 102 Å². The Morgan fingerprint density at radius 1 is 0.629 bits per heavy atom. The van der Waals surface area contributed by atoms with Crippen LogP contribution in [0.2, 0.25) is 0 Å². The number of carbonyl (C=O) groups excluding carboxylic acids is 4. The maximum atomic E-state index is 12.5. The van der Waals surface area contributed by atoms with E-state index in [1.807, 2.05) is 69.2 Å². The average Bonchev–Trinajstić information content (AvgIpc) is 2.65. The van der Waals surface area contributed by atoms with Gasteiger partial charge in [0.2, 0.25) is 0 Å². The number of rotatable bonds is 16. The zero-order valence-electron chi connectivity index (χ0n) is 24.2. The second-order valence-electron chi connectivity index (χ2n) is 13.1. The topological polar surface area (TPSA) is 86.7 Å². The Hall–Kier alpha value is -0.686. The summed E-state index contributed by atoms with van der Waals surface area (Å²) in [7, 11) is 0. The van der Waals surface area contributed by atoms with Crippen molar-refractivity contribution in [3.05, 3.63) is 0 Å². The van der Waals surface area contributed by atoms with Gasteiger partial charge in [-0.2, -0.15) is 0 Å². The van der Waals surface area contributed by atoms with E-state index in [9.17, 15) is 19.2 Å². The second-order valence-corrected chi connectivity index (χ2v) is 13.1. The summed E-state index contributed by atoms with van der Waals surface area (Å²) < 4.78 is 11.5. The van der Waals surface area contributed by atoms with E-state index in [2.05, 4.69) is 6.92 Å². The number of hydrogen-bond acceptors (Lipinski definition) is 6. The number of ether oxygens (including phenoxy) is 2. The molecule has 0 rings (SSSR count). The Morgan fingerprint density at radius 2 is 1.00 bits per heavy atom. The zero-order chi connectivity index (χ0) is 27.0. The van der Waals surface area contributed by atoms with Crippen LogP contribution in [0, 0.1) is 27.6 Å². The summed E-state index contributed by atoms with van der Waals surface area (Å²) in [6.45, 7) is 21.9. The van der Waals surface area contributed by atoms with Crippen molar-refractivity contribution in [3.63, 3.8) is 0 Å². The van der Waals surface area contributed by atoms with Crippen molar-refractivity contribution < 1.29 is 50.4 Å². The minimum atomic E-state index is -0.698. The van der Waals surface area contributed by atoms with Gasteiger partial charge < -0.3 is 9.47 Å². The molecule has 0 aromatic rings. The quantitative estimate of drug-likeness (QED) is 0.146. The van der Waals surface area contributed by atoms with Gasteiger partial charge in [-0.05, 0) is 18.8 Å². The fourth-order valence-electron chi connectivity index (χ4n) is 2.92. The first-order valence-electron chi connectivity index (χ1n) is 12.5. The molecule has 0 saturated heterocycles. The predicted molar refractivity (Wildman–Crippen MR) is 136 cm³/mol. The molecule has 0 aliphatic rings. The van der Waals surface area contributed by atoms with Gasteiger partial charge in [-0.25, -0.2) is 0 Å². The van der Waals surface area contributed by atoms with Crippen molar-refractivity contribution >= 4 is 23.1 Å². The number of ketones is 4. The molecular formula is C28H50O6Ti. The molecule has 6 nitrogen and oxygen atoms in total. The molecule has 35 heavy (non-hydrogen) atoms. The van der Waals surface area contributed by atoms with Crippen LogP contribution in [-0.2, 0) is 50.4 Å². The number of Topliss-reactive ketones (excluding diaryl/α,β-unsaturated/α-hetero) is 4. The van der Waals surface area contributed by atoms with Crippen LogP contribution < -0.4 is 0 Å². The van der Waals surface area contributed by atoms with Crippen LogP contribution in [0.5, 0.6) is 0 Å². The third-order valence-electron chi connectivity index (χ3n) is 6.14. The molecule has 202 valence electrons. The molecular weight excluding hydrogens is 480 g/mol. The Morgan fingerprint density at radius 3 is 1.37 bits per heavy atom. The van der Waals surface area contributed by atoms with Crippen molar-refractivity contribution in [3.8, 4) is 0 Å². The Balaban J connectivity index is 0. The third kappa shape index (κ3) is 14.6. The summed E-state index contributed by atoms with van der Waals surface area (Å²) in [5.74, 6) is 0.0184. The van der Waals surface area contributed by atoms with Crippen LogP contribution in [0.1, 0.15) is 102 Å². The van der Waals surface area contributed by atoms with Gasteiger partial charge in [-0.3, -0.25) is 19.2 Å². The molecule has 1 atom stereocenters. The number of carbonyl (C=O) groups is 4. The Kier molecular flexibility index (Phi) is 15.5. The Labute approximate surface area is 228 Å². The monoisotopic (exact) mass is 530 g/mol. The van der Waals surface area contributed by atoms with E-state index in [-0.39, 0.29) is 70.9 Å². The first-order valence-corrected chi connectivity index (χ1v) is 12.5. The standard InChI is InChI=1S/C28H50O6.Ti/c1-20(17-34-19-28(10,11)24(32)16-22(30)26(5,6)7)13-12-14-33-18-27(8,9)23(31)15-21(29)25(2,3)4;/h20H,12-19H2,1-11H3;. The SMILES string of the molecule is CC(CCCOCC(C)(C)C(=O)CC(=O)C(C)(C)C)COCC(C)(C)C(=O)CC(=O)C(C)(C)C.[Ti]. The maximum Gasteiger partial charge on any atom is 0.148 e. The molecule has 0 saturated carbocycles. The summed E-state index contributed by atoms with van der Waals surface area (Å²) in [6, 6.07) is 0. The molecule has 0 aromatic heterocycles. The summed E-state index contributed by atoms with van der Waals surface area (Å²) >= 11 is 0. The van der Waals surface area contributed by atoms with Crippen LogP contribution in [-0.4, -0.2) is 49.6 Å². The van der Waals surface area contributed by atoms with Crippen molar-refractivity contribution in [1.29, 1.82) is 0 Å². The first-order chi connectivity index (χ1) is 15.2. The van der Waals surface area contributed by atoms with E-state index in [1.165, 1.54) is 0 Å². The molecule has 0 bridgehead atoms. The molecule has 0 spiro atoms. The van der Waals surface area contributed by atoms with Crippen LogP contribution in [0.3, 0.4) is 0 Å².